The van der Waals surface area contributed by atoms with Gasteiger partial charge < -0.3 is 19.5 Å². The van der Waals surface area contributed by atoms with Gasteiger partial charge in [0.05, 0.1) is 23.4 Å². The van der Waals surface area contributed by atoms with Crippen molar-refractivity contribution in [2.45, 2.75) is 25.7 Å². The van der Waals surface area contributed by atoms with E-state index in [1.165, 1.54) is 47.0 Å². The molecule has 1 saturated heterocycles. The fourth-order valence-electron chi connectivity index (χ4n) is 4.71. The Morgan fingerprint density at radius 2 is 1.90 bits per heavy atom. The molecule has 0 atom stereocenters. The van der Waals surface area contributed by atoms with Crippen LogP contribution in [-0.2, 0) is 24.6 Å². The van der Waals surface area contributed by atoms with Gasteiger partial charge in [0.2, 0.25) is 0 Å². The van der Waals surface area contributed by atoms with Crippen molar-refractivity contribution >= 4 is 49.2 Å². The molecule has 30 heavy (non-hydrogen) atoms. The normalized spacial score (nSPS) is 16.9. The molecule has 0 unspecified atom stereocenters. The molecule has 1 fully saturated rings. The molecule has 0 radical (unpaired) electrons. The molecule has 0 saturated carbocycles. The first-order valence-electron chi connectivity index (χ1n) is 10.7. The van der Waals surface area contributed by atoms with Crippen LogP contribution in [0, 0.1) is 0 Å². The Hall–Kier alpha value is -2.64. The van der Waals surface area contributed by atoms with Gasteiger partial charge >= 0.3 is 0 Å². The smallest absolute Gasteiger partial charge is 0.186 e. The standard InChI is InChI=1S/C23H25N5OS/c1-27-19-5-3-2-4-16(19)17-7-9-21(26-22(17)27)24-15-6-8-18-20(14-15)30-23(25-18)28-10-12-29-13-11-28/h6-9,14H,2-5,10-13H2,1H3,(H,24,26). The molecular formula is C23H25N5OS. The van der Waals surface area contributed by atoms with Gasteiger partial charge in [-0.15, -0.1) is 0 Å². The van der Waals surface area contributed by atoms with Gasteiger partial charge in [0.25, 0.3) is 0 Å². The number of nitrogens with zero attached hydrogens (tertiary/aromatic N) is 4. The molecule has 1 aliphatic heterocycles. The second kappa shape index (κ2) is 7.25. The number of thiazole rings is 1. The number of benzene rings is 1. The monoisotopic (exact) mass is 419 g/mol. The molecule has 2 aliphatic rings. The molecular weight excluding hydrogens is 394 g/mol. The molecule has 1 aliphatic carbocycles. The lowest BCUT2D eigenvalue weighted by atomic mass is 9.96. The summed E-state index contributed by atoms with van der Waals surface area (Å²) in [5, 5.41) is 5.90. The van der Waals surface area contributed by atoms with Crippen LogP contribution in [0.4, 0.5) is 16.6 Å². The summed E-state index contributed by atoms with van der Waals surface area (Å²) >= 11 is 1.75. The Balaban J connectivity index is 1.30. The van der Waals surface area contributed by atoms with Crippen LogP contribution in [0.2, 0.25) is 0 Å². The number of aromatic nitrogens is 3. The highest BCUT2D eigenvalue weighted by atomic mass is 32.1. The predicted octanol–water partition coefficient (Wildman–Crippen LogP) is 4.64. The lowest BCUT2D eigenvalue weighted by Gasteiger charge is -2.25. The average Bonchev–Trinajstić information content (AvgIpc) is 3.34. The summed E-state index contributed by atoms with van der Waals surface area (Å²) in [5.41, 5.74) is 6.14. The van der Waals surface area contributed by atoms with E-state index < -0.39 is 0 Å². The molecule has 0 spiro atoms. The molecule has 0 bridgehead atoms. The van der Waals surface area contributed by atoms with Crippen LogP contribution in [0.5, 0.6) is 0 Å². The first-order chi connectivity index (χ1) is 14.8. The van der Waals surface area contributed by atoms with E-state index in [0.29, 0.717) is 0 Å². The summed E-state index contributed by atoms with van der Waals surface area (Å²) in [4.78, 5) is 12.1. The van der Waals surface area contributed by atoms with E-state index >= 15 is 0 Å². The first kappa shape index (κ1) is 18.2. The molecule has 1 N–H and O–H groups in total. The number of fused-ring (bicyclic) bond motifs is 4. The summed E-state index contributed by atoms with van der Waals surface area (Å²) < 4.78 is 8.94. The molecule has 1 aromatic carbocycles. The maximum absolute atomic E-state index is 5.46. The third-order valence-electron chi connectivity index (χ3n) is 6.29. The third-order valence-corrected chi connectivity index (χ3v) is 7.37. The number of rotatable bonds is 3. The minimum Gasteiger partial charge on any atom is -0.378 e. The summed E-state index contributed by atoms with van der Waals surface area (Å²) in [6.07, 6.45) is 4.91. The number of ether oxygens (including phenoxy) is 1. The van der Waals surface area contributed by atoms with Crippen LogP contribution in [0.15, 0.2) is 30.3 Å². The van der Waals surface area contributed by atoms with E-state index in [-0.39, 0.29) is 0 Å². The summed E-state index contributed by atoms with van der Waals surface area (Å²) in [5.74, 6) is 0.887. The molecule has 6 rings (SSSR count). The zero-order chi connectivity index (χ0) is 20.1. The minimum atomic E-state index is 0.777. The van der Waals surface area contributed by atoms with Crippen LogP contribution < -0.4 is 10.2 Å². The summed E-state index contributed by atoms with van der Waals surface area (Å²) in [7, 11) is 2.15. The Morgan fingerprint density at radius 3 is 2.80 bits per heavy atom. The third kappa shape index (κ3) is 3.04. The van der Waals surface area contributed by atoms with E-state index in [1.54, 1.807) is 11.3 Å². The number of pyridine rings is 1. The van der Waals surface area contributed by atoms with Gasteiger partial charge in [-0.1, -0.05) is 11.3 Å². The Morgan fingerprint density at radius 1 is 1.03 bits per heavy atom. The van der Waals surface area contributed by atoms with Crippen molar-refractivity contribution in [3.63, 3.8) is 0 Å². The van der Waals surface area contributed by atoms with Gasteiger partial charge in [0, 0.05) is 36.9 Å². The van der Waals surface area contributed by atoms with E-state index in [0.717, 1.165) is 54.1 Å². The van der Waals surface area contributed by atoms with Crippen LogP contribution >= 0.6 is 11.3 Å². The Kier molecular flexibility index (Phi) is 4.39. The zero-order valence-corrected chi connectivity index (χ0v) is 18.0. The average molecular weight is 420 g/mol. The quantitative estimate of drug-likeness (QED) is 0.524. The van der Waals surface area contributed by atoms with Gasteiger partial charge in [-0.05, 0) is 61.6 Å². The molecule has 0 amide bonds. The Bertz CT molecular complexity index is 1240. The number of morpholine rings is 1. The fraction of sp³-hybridized carbons (Fsp3) is 0.391. The molecule has 3 aromatic heterocycles. The summed E-state index contributed by atoms with van der Waals surface area (Å²) in [6, 6.07) is 10.7. The predicted molar refractivity (Wildman–Crippen MR) is 123 cm³/mol. The fourth-order valence-corrected chi connectivity index (χ4v) is 5.77. The van der Waals surface area contributed by atoms with E-state index in [2.05, 4.69) is 52.2 Å². The number of aryl methyl sites for hydroxylation is 2. The maximum atomic E-state index is 5.46. The van der Waals surface area contributed by atoms with Crippen molar-refractivity contribution < 1.29 is 4.74 Å². The van der Waals surface area contributed by atoms with Gasteiger partial charge in [0.1, 0.15) is 11.5 Å². The largest absolute Gasteiger partial charge is 0.378 e. The minimum absolute atomic E-state index is 0.777. The van der Waals surface area contributed by atoms with Crippen molar-refractivity contribution in [2.75, 3.05) is 36.5 Å². The molecule has 4 aromatic rings. The van der Waals surface area contributed by atoms with Gasteiger partial charge in [-0.25, -0.2) is 9.97 Å². The zero-order valence-electron chi connectivity index (χ0n) is 17.1. The van der Waals surface area contributed by atoms with Crippen molar-refractivity contribution in [2.24, 2.45) is 7.05 Å². The highest BCUT2D eigenvalue weighted by molar-refractivity contribution is 7.22. The first-order valence-corrected chi connectivity index (χ1v) is 11.6. The van der Waals surface area contributed by atoms with Gasteiger partial charge in [-0.2, -0.15) is 0 Å². The van der Waals surface area contributed by atoms with Crippen molar-refractivity contribution in [1.82, 2.24) is 14.5 Å². The molecule has 6 nitrogen and oxygen atoms in total. The number of nitrogens with one attached hydrogen (secondary N) is 1. The van der Waals surface area contributed by atoms with Crippen molar-refractivity contribution in [3.05, 3.63) is 41.6 Å². The SMILES string of the molecule is Cn1c2c(c3ccc(Nc4ccc5nc(N6CCOCC6)sc5c4)nc31)CCCC2. The van der Waals surface area contributed by atoms with Crippen molar-refractivity contribution in [1.29, 1.82) is 0 Å². The van der Waals surface area contributed by atoms with E-state index in [4.69, 9.17) is 14.7 Å². The van der Waals surface area contributed by atoms with E-state index in [1.807, 2.05) is 0 Å². The van der Waals surface area contributed by atoms with Crippen LogP contribution in [0.3, 0.4) is 0 Å². The van der Waals surface area contributed by atoms with Gasteiger partial charge in [0.15, 0.2) is 5.13 Å². The highest BCUT2D eigenvalue weighted by Gasteiger charge is 2.19. The Labute approximate surface area is 179 Å². The number of hydrogen-bond donors (Lipinski definition) is 1. The number of anilines is 3. The maximum Gasteiger partial charge on any atom is 0.186 e. The summed E-state index contributed by atoms with van der Waals surface area (Å²) in [6.45, 7) is 3.38. The topological polar surface area (TPSA) is 55.2 Å². The lowest BCUT2D eigenvalue weighted by Crippen LogP contribution is -2.36. The second-order valence-corrected chi connectivity index (χ2v) is 9.17. The van der Waals surface area contributed by atoms with Crippen LogP contribution in [-0.4, -0.2) is 40.8 Å². The molecule has 154 valence electrons. The lowest BCUT2D eigenvalue weighted by molar-refractivity contribution is 0.122. The van der Waals surface area contributed by atoms with Gasteiger partial charge in [-0.3, -0.25) is 0 Å². The number of hydrogen-bond acceptors (Lipinski definition) is 6. The molecule has 7 heteroatoms. The van der Waals surface area contributed by atoms with Crippen molar-refractivity contribution in [3.8, 4) is 0 Å². The second-order valence-electron chi connectivity index (χ2n) is 8.16. The highest BCUT2D eigenvalue weighted by Crippen LogP contribution is 2.34. The van der Waals surface area contributed by atoms with E-state index in [9.17, 15) is 0 Å². The van der Waals surface area contributed by atoms with Crippen LogP contribution in [0.1, 0.15) is 24.1 Å². The molecule has 4 heterocycles. The van der Waals surface area contributed by atoms with Crippen LogP contribution in [0.25, 0.3) is 21.3 Å².